The van der Waals surface area contributed by atoms with Crippen LogP contribution in [0.1, 0.15) is 26.7 Å². The molecule has 0 radical (unpaired) electrons. The zero-order valence-corrected chi connectivity index (χ0v) is 11.9. The lowest BCUT2D eigenvalue weighted by atomic mass is 10.1. The normalized spacial score (nSPS) is 18.9. The van der Waals surface area contributed by atoms with Gasteiger partial charge in [-0.1, -0.05) is 0 Å². The Labute approximate surface area is 115 Å². The van der Waals surface area contributed by atoms with Crippen LogP contribution < -0.4 is 9.80 Å². The third kappa shape index (κ3) is 3.35. The van der Waals surface area contributed by atoms with E-state index in [4.69, 9.17) is 5.11 Å². The van der Waals surface area contributed by atoms with E-state index in [0.29, 0.717) is 5.92 Å². The molecule has 2 rings (SSSR count). The molecule has 1 aliphatic heterocycles. The molecule has 5 nitrogen and oxygen atoms in total. The summed E-state index contributed by atoms with van der Waals surface area (Å²) in [5.74, 6) is 2.61. The van der Waals surface area contributed by atoms with Gasteiger partial charge in [-0.05, 0) is 32.6 Å². The van der Waals surface area contributed by atoms with Crippen LogP contribution in [-0.4, -0.2) is 47.9 Å². The Morgan fingerprint density at radius 2 is 2.16 bits per heavy atom. The predicted molar refractivity (Wildman–Crippen MR) is 77.6 cm³/mol. The first-order valence-electron chi connectivity index (χ1n) is 7.21. The van der Waals surface area contributed by atoms with Crippen LogP contribution in [0.5, 0.6) is 0 Å². The molecule has 1 aliphatic rings. The first-order valence-corrected chi connectivity index (χ1v) is 7.21. The number of aromatic nitrogens is 2. The average molecular weight is 264 g/mol. The fraction of sp³-hybridized carbons (Fsp3) is 0.714. The van der Waals surface area contributed by atoms with Crippen molar-refractivity contribution in [2.24, 2.45) is 5.92 Å². The minimum absolute atomic E-state index is 0.285. The van der Waals surface area contributed by atoms with Gasteiger partial charge in [0.1, 0.15) is 18.0 Å². The maximum absolute atomic E-state index is 9.01. The van der Waals surface area contributed by atoms with E-state index in [1.54, 1.807) is 6.33 Å². The average Bonchev–Trinajstić information content (AvgIpc) is 2.90. The molecule has 106 valence electrons. The molecule has 0 saturated carbocycles. The second-order valence-corrected chi connectivity index (χ2v) is 5.02. The molecule has 0 aromatic carbocycles. The molecule has 0 aliphatic carbocycles. The summed E-state index contributed by atoms with van der Waals surface area (Å²) >= 11 is 0. The monoisotopic (exact) mass is 264 g/mol. The zero-order chi connectivity index (χ0) is 13.7. The largest absolute Gasteiger partial charge is 0.396 e. The molecule has 1 aromatic heterocycles. The first-order chi connectivity index (χ1) is 9.28. The Bertz CT molecular complexity index is 395. The Hall–Kier alpha value is -1.36. The molecule has 19 heavy (non-hydrogen) atoms. The van der Waals surface area contributed by atoms with Crippen LogP contribution >= 0.6 is 0 Å². The molecule has 1 saturated heterocycles. The summed E-state index contributed by atoms with van der Waals surface area (Å²) in [6.45, 7) is 8.50. The van der Waals surface area contributed by atoms with Crippen LogP contribution in [0.2, 0.25) is 0 Å². The van der Waals surface area contributed by atoms with Crippen LogP contribution in [0, 0.1) is 5.92 Å². The number of hydrogen-bond donors (Lipinski definition) is 1. The van der Waals surface area contributed by atoms with Gasteiger partial charge in [0.2, 0.25) is 0 Å². The van der Waals surface area contributed by atoms with Crippen molar-refractivity contribution in [2.45, 2.75) is 26.7 Å². The molecule has 1 aromatic rings. The second kappa shape index (κ2) is 6.70. The zero-order valence-electron chi connectivity index (χ0n) is 11.9. The summed E-state index contributed by atoms with van der Waals surface area (Å²) in [6.07, 6.45) is 3.69. The summed E-state index contributed by atoms with van der Waals surface area (Å²) in [6, 6.07) is 2.08. The van der Waals surface area contributed by atoms with E-state index >= 15 is 0 Å². The van der Waals surface area contributed by atoms with E-state index in [2.05, 4.69) is 39.7 Å². The van der Waals surface area contributed by atoms with Gasteiger partial charge in [0.15, 0.2) is 0 Å². The topological polar surface area (TPSA) is 52.5 Å². The molecule has 0 spiro atoms. The van der Waals surface area contributed by atoms with Crippen molar-refractivity contribution in [1.82, 2.24) is 9.97 Å². The SMILES string of the molecule is CCN(CC)c1cc(N2CCC(CCO)C2)ncn1. The summed E-state index contributed by atoms with van der Waals surface area (Å²) in [5, 5.41) is 9.01. The highest BCUT2D eigenvalue weighted by Gasteiger charge is 2.23. The lowest BCUT2D eigenvalue weighted by Gasteiger charge is -2.22. The van der Waals surface area contributed by atoms with Crippen LogP contribution in [0.4, 0.5) is 11.6 Å². The lowest BCUT2D eigenvalue weighted by Crippen LogP contribution is -2.25. The first kappa shape index (κ1) is 14.1. The van der Waals surface area contributed by atoms with Gasteiger partial charge in [-0.15, -0.1) is 0 Å². The van der Waals surface area contributed by atoms with Crippen LogP contribution in [-0.2, 0) is 0 Å². The van der Waals surface area contributed by atoms with Gasteiger partial charge in [0, 0.05) is 38.9 Å². The van der Waals surface area contributed by atoms with Gasteiger partial charge >= 0.3 is 0 Å². The molecule has 1 fully saturated rings. The van der Waals surface area contributed by atoms with E-state index in [-0.39, 0.29) is 6.61 Å². The maximum Gasteiger partial charge on any atom is 0.134 e. The van der Waals surface area contributed by atoms with Gasteiger partial charge < -0.3 is 14.9 Å². The van der Waals surface area contributed by atoms with Crippen molar-refractivity contribution in [1.29, 1.82) is 0 Å². The molecule has 2 heterocycles. The van der Waals surface area contributed by atoms with Crippen molar-refractivity contribution < 1.29 is 5.11 Å². The van der Waals surface area contributed by atoms with Crippen molar-refractivity contribution in [3.05, 3.63) is 12.4 Å². The molecule has 1 N–H and O–H groups in total. The lowest BCUT2D eigenvalue weighted by molar-refractivity contribution is 0.263. The van der Waals surface area contributed by atoms with Gasteiger partial charge in [-0.25, -0.2) is 9.97 Å². The minimum Gasteiger partial charge on any atom is -0.396 e. The number of aliphatic hydroxyl groups is 1. The molecule has 1 atom stereocenters. The maximum atomic E-state index is 9.01. The molecule has 5 heteroatoms. The highest BCUT2D eigenvalue weighted by molar-refractivity contribution is 5.50. The van der Waals surface area contributed by atoms with Gasteiger partial charge in [0.25, 0.3) is 0 Å². The van der Waals surface area contributed by atoms with Crippen LogP contribution in [0.15, 0.2) is 12.4 Å². The number of aliphatic hydroxyl groups excluding tert-OH is 1. The van der Waals surface area contributed by atoms with E-state index in [1.807, 2.05) is 0 Å². The Balaban J connectivity index is 2.07. The Kier molecular flexibility index (Phi) is 4.96. The van der Waals surface area contributed by atoms with Gasteiger partial charge in [-0.3, -0.25) is 0 Å². The predicted octanol–water partition coefficient (Wildman–Crippen LogP) is 1.53. The van der Waals surface area contributed by atoms with E-state index in [0.717, 1.165) is 50.7 Å². The number of nitrogens with zero attached hydrogens (tertiary/aromatic N) is 4. The highest BCUT2D eigenvalue weighted by Crippen LogP contribution is 2.25. The van der Waals surface area contributed by atoms with Crippen molar-refractivity contribution >= 4 is 11.6 Å². The summed E-state index contributed by atoms with van der Waals surface area (Å²) in [5.41, 5.74) is 0. The van der Waals surface area contributed by atoms with Crippen LogP contribution in [0.3, 0.4) is 0 Å². The Morgan fingerprint density at radius 1 is 1.37 bits per heavy atom. The Morgan fingerprint density at radius 3 is 2.84 bits per heavy atom. The summed E-state index contributed by atoms with van der Waals surface area (Å²) in [7, 11) is 0. The van der Waals surface area contributed by atoms with E-state index in [1.165, 1.54) is 0 Å². The molecule has 0 amide bonds. The van der Waals surface area contributed by atoms with Gasteiger partial charge in [0.05, 0.1) is 0 Å². The number of anilines is 2. The minimum atomic E-state index is 0.285. The number of hydrogen-bond acceptors (Lipinski definition) is 5. The van der Waals surface area contributed by atoms with Crippen molar-refractivity contribution in [3.8, 4) is 0 Å². The van der Waals surface area contributed by atoms with E-state index < -0.39 is 0 Å². The molecule has 0 bridgehead atoms. The molecular formula is C14H24N4O. The summed E-state index contributed by atoms with van der Waals surface area (Å²) < 4.78 is 0. The quantitative estimate of drug-likeness (QED) is 0.844. The third-order valence-corrected chi connectivity index (χ3v) is 3.87. The van der Waals surface area contributed by atoms with E-state index in [9.17, 15) is 0 Å². The van der Waals surface area contributed by atoms with Gasteiger partial charge in [-0.2, -0.15) is 0 Å². The second-order valence-electron chi connectivity index (χ2n) is 5.02. The smallest absolute Gasteiger partial charge is 0.134 e. The van der Waals surface area contributed by atoms with Crippen molar-refractivity contribution in [2.75, 3.05) is 42.6 Å². The number of rotatable bonds is 6. The third-order valence-electron chi connectivity index (χ3n) is 3.87. The summed E-state index contributed by atoms with van der Waals surface area (Å²) in [4.78, 5) is 13.3. The fourth-order valence-corrected chi connectivity index (χ4v) is 2.69. The highest BCUT2D eigenvalue weighted by atomic mass is 16.3. The molecule has 1 unspecified atom stereocenters. The molecular weight excluding hydrogens is 240 g/mol. The van der Waals surface area contributed by atoms with Crippen molar-refractivity contribution in [3.63, 3.8) is 0 Å². The fourth-order valence-electron chi connectivity index (χ4n) is 2.69. The van der Waals surface area contributed by atoms with Crippen LogP contribution in [0.25, 0.3) is 0 Å². The standard InChI is InChI=1S/C14H24N4O/c1-3-17(4-2)13-9-14(16-11-15-13)18-7-5-12(10-18)6-8-19/h9,11-12,19H,3-8,10H2,1-2H3.